The summed E-state index contributed by atoms with van der Waals surface area (Å²) in [6.45, 7) is 1.73. The van der Waals surface area contributed by atoms with Gasteiger partial charge < -0.3 is 13.9 Å². The second-order valence-electron chi connectivity index (χ2n) is 4.50. The van der Waals surface area contributed by atoms with Crippen LogP contribution in [0, 0.1) is 5.92 Å². The summed E-state index contributed by atoms with van der Waals surface area (Å²) in [4.78, 5) is 23.6. The monoisotopic (exact) mass is 276 g/mol. The van der Waals surface area contributed by atoms with Crippen LogP contribution in [0.1, 0.15) is 18.6 Å². The van der Waals surface area contributed by atoms with Crippen molar-refractivity contribution in [2.24, 2.45) is 5.92 Å². The molecule has 0 saturated heterocycles. The summed E-state index contributed by atoms with van der Waals surface area (Å²) < 4.78 is 15.0. The highest BCUT2D eigenvalue weighted by molar-refractivity contribution is 5.96. The van der Waals surface area contributed by atoms with Crippen LogP contribution in [0.25, 0.3) is 11.0 Å². The fraction of sp³-hybridized carbons (Fsp3) is 0.333. The molecule has 0 aliphatic carbocycles. The highest BCUT2D eigenvalue weighted by Crippen LogP contribution is 2.31. The van der Waals surface area contributed by atoms with Gasteiger partial charge in [-0.15, -0.1) is 0 Å². The zero-order valence-corrected chi connectivity index (χ0v) is 11.6. The van der Waals surface area contributed by atoms with E-state index in [-0.39, 0.29) is 0 Å². The Bertz CT molecular complexity index is 579. The summed E-state index contributed by atoms with van der Waals surface area (Å²) in [5.74, 6) is -2.23. The zero-order chi connectivity index (χ0) is 14.7. The third-order valence-electron chi connectivity index (χ3n) is 3.30. The van der Waals surface area contributed by atoms with Gasteiger partial charge in [0.25, 0.3) is 0 Å². The molecule has 2 aromatic rings. The van der Waals surface area contributed by atoms with E-state index >= 15 is 0 Å². The van der Waals surface area contributed by atoms with Crippen LogP contribution < -0.4 is 0 Å². The molecule has 1 heterocycles. The Morgan fingerprint density at radius 2 is 1.70 bits per heavy atom. The number of carbonyl (C=O) groups is 2. The maximum absolute atomic E-state index is 11.8. The molecule has 0 saturated carbocycles. The Labute approximate surface area is 116 Å². The lowest BCUT2D eigenvalue weighted by atomic mass is 9.91. The van der Waals surface area contributed by atoms with Gasteiger partial charge in [-0.25, -0.2) is 0 Å². The largest absolute Gasteiger partial charge is 0.468 e. The average molecular weight is 276 g/mol. The van der Waals surface area contributed by atoms with Crippen LogP contribution in [0.4, 0.5) is 0 Å². The van der Waals surface area contributed by atoms with Crippen molar-refractivity contribution in [2.45, 2.75) is 12.8 Å². The van der Waals surface area contributed by atoms with E-state index in [2.05, 4.69) is 9.47 Å². The number of carbonyl (C=O) groups excluding carboxylic acids is 2. The number of benzene rings is 1. The summed E-state index contributed by atoms with van der Waals surface area (Å²) in [5, 5.41) is 0.919. The molecule has 1 unspecified atom stereocenters. The lowest BCUT2D eigenvalue weighted by molar-refractivity contribution is -0.159. The van der Waals surface area contributed by atoms with Crippen molar-refractivity contribution >= 4 is 22.9 Å². The summed E-state index contributed by atoms with van der Waals surface area (Å²) in [6.07, 6.45) is 0. The van der Waals surface area contributed by atoms with Gasteiger partial charge in [-0.1, -0.05) is 25.1 Å². The summed E-state index contributed by atoms with van der Waals surface area (Å²) in [7, 11) is 2.48. The molecule has 1 aromatic heterocycles. The van der Waals surface area contributed by atoms with Crippen LogP contribution in [0.2, 0.25) is 0 Å². The van der Waals surface area contributed by atoms with Gasteiger partial charge in [0.05, 0.1) is 14.2 Å². The van der Waals surface area contributed by atoms with Crippen molar-refractivity contribution in [1.82, 2.24) is 0 Å². The quantitative estimate of drug-likeness (QED) is 0.634. The zero-order valence-electron chi connectivity index (χ0n) is 11.6. The van der Waals surface area contributed by atoms with Crippen molar-refractivity contribution < 1.29 is 23.5 Å². The molecule has 0 aliphatic rings. The second kappa shape index (κ2) is 5.77. The van der Waals surface area contributed by atoms with E-state index in [1.807, 2.05) is 30.3 Å². The molecule has 5 heteroatoms. The number of esters is 2. The van der Waals surface area contributed by atoms with E-state index < -0.39 is 23.8 Å². The van der Waals surface area contributed by atoms with Crippen LogP contribution in [0.5, 0.6) is 0 Å². The van der Waals surface area contributed by atoms with Crippen LogP contribution in [0.15, 0.2) is 34.7 Å². The summed E-state index contributed by atoms with van der Waals surface area (Å²) in [6, 6.07) is 9.30. The smallest absolute Gasteiger partial charge is 0.320 e. The normalized spacial score (nSPS) is 12.4. The Morgan fingerprint density at radius 3 is 2.25 bits per heavy atom. The van der Waals surface area contributed by atoms with Gasteiger partial charge in [0.15, 0.2) is 5.92 Å². The Balaban J connectivity index is 2.37. The minimum Gasteiger partial charge on any atom is -0.468 e. The molecule has 0 bridgehead atoms. The highest BCUT2D eigenvalue weighted by Gasteiger charge is 2.36. The number of furan rings is 1. The SMILES string of the molecule is COC(=O)C(C(=O)OC)C(C)c1cc2ccccc2o1. The Morgan fingerprint density at radius 1 is 1.10 bits per heavy atom. The molecular formula is C15H16O5. The van der Waals surface area contributed by atoms with E-state index in [9.17, 15) is 9.59 Å². The number of methoxy groups -OCH3 is 2. The molecule has 0 amide bonds. The lowest BCUT2D eigenvalue weighted by Crippen LogP contribution is -2.30. The first kappa shape index (κ1) is 14.1. The molecule has 0 radical (unpaired) electrons. The minimum atomic E-state index is -1.04. The highest BCUT2D eigenvalue weighted by atomic mass is 16.5. The summed E-state index contributed by atoms with van der Waals surface area (Å²) in [5.41, 5.74) is 0.711. The molecule has 20 heavy (non-hydrogen) atoms. The molecule has 1 aromatic carbocycles. The molecule has 2 rings (SSSR count). The minimum absolute atomic E-state index is 0.470. The second-order valence-corrected chi connectivity index (χ2v) is 4.50. The van der Waals surface area contributed by atoms with Crippen LogP contribution >= 0.6 is 0 Å². The van der Waals surface area contributed by atoms with Gasteiger partial charge >= 0.3 is 11.9 Å². The van der Waals surface area contributed by atoms with E-state index in [0.29, 0.717) is 11.3 Å². The topological polar surface area (TPSA) is 65.7 Å². The van der Waals surface area contributed by atoms with E-state index in [4.69, 9.17) is 4.42 Å². The first-order valence-corrected chi connectivity index (χ1v) is 6.22. The number of rotatable bonds is 4. The predicted octanol–water partition coefficient (Wildman–Crippen LogP) is 2.50. The third kappa shape index (κ3) is 2.52. The van der Waals surface area contributed by atoms with Gasteiger partial charge in [0.2, 0.25) is 0 Å². The van der Waals surface area contributed by atoms with Gasteiger partial charge in [-0.2, -0.15) is 0 Å². The van der Waals surface area contributed by atoms with Crippen molar-refractivity contribution in [1.29, 1.82) is 0 Å². The molecule has 0 fully saturated rings. The predicted molar refractivity (Wildman–Crippen MR) is 72.2 cm³/mol. The number of ether oxygens (including phenoxy) is 2. The van der Waals surface area contributed by atoms with Crippen molar-refractivity contribution in [3.05, 3.63) is 36.1 Å². The van der Waals surface area contributed by atoms with Crippen LogP contribution in [-0.4, -0.2) is 26.2 Å². The number of fused-ring (bicyclic) bond motifs is 1. The number of hydrogen-bond acceptors (Lipinski definition) is 5. The molecule has 1 atom stereocenters. The standard InChI is InChI=1S/C15H16O5/c1-9(13(14(16)18-2)15(17)19-3)12-8-10-6-4-5-7-11(10)20-12/h4-9,13H,1-3H3. The Hall–Kier alpha value is -2.30. The lowest BCUT2D eigenvalue weighted by Gasteiger charge is -2.17. The first-order valence-electron chi connectivity index (χ1n) is 6.22. The van der Waals surface area contributed by atoms with E-state index in [1.165, 1.54) is 14.2 Å². The molecular weight excluding hydrogens is 260 g/mol. The van der Waals surface area contributed by atoms with Crippen molar-refractivity contribution in [3.63, 3.8) is 0 Å². The van der Waals surface area contributed by atoms with Crippen LogP contribution in [-0.2, 0) is 19.1 Å². The van der Waals surface area contributed by atoms with Gasteiger partial charge in [-0.05, 0) is 12.1 Å². The molecule has 5 nitrogen and oxygen atoms in total. The average Bonchev–Trinajstić information content (AvgIpc) is 2.90. The maximum atomic E-state index is 11.8. The number of para-hydroxylation sites is 1. The molecule has 106 valence electrons. The van der Waals surface area contributed by atoms with Gasteiger partial charge in [0.1, 0.15) is 11.3 Å². The summed E-state index contributed by atoms with van der Waals surface area (Å²) >= 11 is 0. The molecule has 0 N–H and O–H groups in total. The van der Waals surface area contributed by atoms with E-state index in [1.54, 1.807) is 6.92 Å². The first-order chi connectivity index (χ1) is 9.58. The fourth-order valence-corrected chi connectivity index (χ4v) is 2.15. The van der Waals surface area contributed by atoms with Crippen molar-refractivity contribution in [2.75, 3.05) is 14.2 Å². The van der Waals surface area contributed by atoms with Crippen molar-refractivity contribution in [3.8, 4) is 0 Å². The van der Waals surface area contributed by atoms with Gasteiger partial charge in [0, 0.05) is 11.3 Å². The maximum Gasteiger partial charge on any atom is 0.320 e. The molecule has 0 aliphatic heterocycles. The van der Waals surface area contributed by atoms with E-state index in [0.717, 1.165) is 5.39 Å². The third-order valence-corrected chi connectivity index (χ3v) is 3.30. The van der Waals surface area contributed by atoms with Gasteiger partial charge in [-0.3, -0.25) is 9.59 Å². The fourth-order valence-electron chi connectivity index (χ4n) is 2.15. The Kier molecular flexibility index (Phi) is 4.08. The van der Waals surface area contributed by atoms with Crippen LogP contribution in [0.3, 0.4) is 0 Å². The number of hydrogen-bond donors (Lipinski definition) is 0. The molecule has 0 spiro atoms.